The minimum atomic E-state index is -0.437. The van der Waals surface area contributed by atoms with Gasteiger partial charge in [-0.25, -0.2) is 4.79 Å². The number of hydrogen-bond donors (Lipinski definition) is 0. The molecule has 2 heterocycles. The summed E-state index contributed by atoms with van der Waals surface area (Å²) < 4.78 is 10.6. The van der Waals surface area contributed by atoms with Gasteiger partial charge < -0.3 is 14.4 Å². The van der Waals surface area contributed by atoms with E-state index in [0.29, 0.717) is 42.9 Å². The van der Waals surface area contributed by atoms with E-state index in [1.165, 1.54) is 4.90 Å². The zero-order valence-electron chi connectivity index (χ0n) is 12.3. The predicted molar refractivity (Wildman–Crippen MR) is 84.7 cm³/mol. The third kappa shape index (κ3) is 3.71. The van der Waals surface area contributed by atoms with Crippen LogP contribution < -0.4 is 0 Å². The third-order valence-electron chi connectivity index (χ3n) is 3.91. The number of cyclic esters (lactones) is 1. The molecule has 0 radical (unpaired) electrons. The van der Waals surface area contributed by atoms with Crippen molar-refractivity contribution in [2.45, 2.75) is 6.10 Å². The van der Waals surface area contributed by atoms with Gasteiger partial charge in [0.25, 0.3) is 0 Å². The van der Waals surface area contributed by atoms with Crippen molar-refractivity contribution in [2.75, 3.05) is 39.4 Å². The highest BCUT2D eigenvalue weighted by molar-refractivity contribution is 6.42. The Morgan fingerprint density at radius 2 is 2.04 bits per heavy atom. The highest BCUT2D eigenvalue weighted by Crippen LogP contribution is 2.29. The number of amides is 2. The zero-order valence-corrected chi connectivity index (χ0v) is 13.8. The average molecular weight is 359 g/mol. The number of morpholine rings is 1. The summed E-state index contributed by atoms with van der Waals surface area (Å²) in [7, 11) is 0. The molecule has 0 unspecified atom stereocenters. The highest BCUT2D eigenvalue weighted by atomic mass is 35.5. The van der Waals surface area contributed by atoms with E-state index in [4.69, 9.17) is 32.7 Å². The van der Waals surface area contributed by atoms with Crippen molar-refractivity contribution in [3.63, 3.8) is 0 Å². The first kappa shape index (κ1) is 16.4. The molecular formula is C15H16Cl2N2O4. The van der Waals surface area contributed by atoms with Crippen molar-refractivity contribution in [1.29, 1.82) is 0 Å². The van der Waals surface area contributed by atoms with Crippen LogP contribution in [0.1, 0.15) is 11.7 Å². The molecule has 8 heteroatoms. The van der Waals surface area contributed by atoms with Crippen LogP contribution in [0.25, 0.3) is 0 Å². The Hall–Kier alpha value is -1.50. The van der Waals surface area contributed by atoms with Gasteiger partial charge in [0, 0.05) is 6.54 Å². The molecule has 1 atom stereocenters. The lowest BCUT2D eigenvalue weighted by atomic mass is 10.1. The van der Waals surface area contributed by atoms with Crippen molar-refractivity contribution in [1.82, 2.24) is 9.80 Å². The maximum atomic E-state index is 12.4. The summed E-state index contributed by atoms with van der Waals surface area (Å²) in [5.74, 6) is -0.114. The summed E-state index contributed by atoms with van der Waals surface area (Å²) in [5, 5.41) is 0.933. The number of hydrogen-bond acceptors (Lipinski definition) is 4. The number of rotatable bonds is 3. The van der Waals surface area contributed by atoms with Gasteiger partial charge in [-0.1, -0.05) is 29.3 Å². The summed E-state index contributed by atoms with van der Waals surface area (Å²) in [6, 6.07) is 5.30. The van der Waals surface area contributed by atoms with Gasteiger partial charge >= 0.3 is 6.09 Å². The molecule has 2 fully saturated rings. The van der Waals surface area contributed by atoms with Gasteiger partial charge in [0.2, 0.25) is 5.91 Å². The molecule has 124 valence electrons. The van der Waals surface area contributed by atoms with Crippen LogP contribution in [0.5, 0.6) is 0 Å². The van der Waals surface area contributed by atoms with E-state index >= 15 is 0 Å². The van der Waals surface area contributed by atoms with Crippen molar-refractivity contribution >= 4 is 35.2 Å². The molecule has 6 nitrogen and oxygen atoms in total. The number of nitrogens with zero attached hydrogens (tertiary/aromatic N) is 2. The van der Waals surface area contributed by atoms with E-state index in [-0.39, 0.29) is 18.6 Å². The van der Waals surface area contributed by atoms with Crippen molar-refractivity contribution in [2.24, 2.45) is 0 Å². The maximum absolute atomic E-state index is 12.4. The maximum Gasteiger partial charge on any atom is 0.410 e. The molecule has 2 aliphatic heterocycles. The molecule has 23 heavy (non-hydrogen) atoms. The molecule has 0 saturated carbocycles. The predicted octanol–water partition coefficient (Wildman–Crippen LogP) is 2.35. The van der Waals surface area contributed by atoms with E-state index in [2.05, 4.69) is 0 Å². The molecule has 1 aromatic rings. The molecule has 0 spiro atoms. The van der Waals surface area contributed by atoms with Gasteiger partial charge in [-0.2, -0.15) is 0 Å². The summed E-state index contributed by atoms with van der Waals surface area (Å²) in [6.45, 7) is 2.17. The molecule has 0 N–H and O–H groups in total. The van der Waals surface area contributed by atoms with Crippen LogP contribution in [0.2, 0.25) is 10.0 Å². The Morgan fingerprint density at radius 3 is 2.74 bits per heavy atom. The van der Waals surface area contributed by atoms with E-state index in [9.17, 15) is 9.59 Å². The molecule has 0 bridgehead atoms. The number of ether oxygens (including phenoxy) is 2. The van der Waals surface area contributed by atoms with Gasteiger partial charge in [0.15, 0.2) is 0 Å². The molecule has 2 saturated heterocycles. The second-order valence-electron chi connectivity index (χ2n) is 5.41. The topological polar surface area (TPSA) is 59.1 Å². The Bertz CT molecular complexity index is 625. The van der Waals surface area contributed by atoms with Crippen LogP contribution in [0.4, 0.5) is 4.79 Å². The van der Waals surface area contributed by atoms with Gasteiger partial charge in [-0.05, 0) is 17.7 Å². The first-order valence-electron chi connectivity index (χ1n) is 7.30. The fourth-order valence-corrected chi connectivity index (χ4v) is 2.93. The Morgan fingerprint density at radius 1 is 1.22 bits per heavy atom. The lowest BCUT2D eigenvalue weighted by Crippen LogP contribution is -2.46. The fraction of sp³-hybridized carbons (Fsp3) is 0.467. The first-order valence-corrected chi connectivity index (χ1v) is 8.06. The molecule has 2 aliphatic rings. The average Bonchev–Trinajstić information content (AvgIpc) is 2.95. The van der Waals surface area contributed by atoms with Crippen LogP contribution in [0.15, 0.2) is 18.2 Å². The molecule has 2 amide bonds. The Kier molecular flexibility index (Phi) is 4.94. The van der Waals surface area contributed by atoms with E-state index < -0.39 is 6.09 Å². The first-order chi connectivity index (χ1) is 11.0. The Labute approximate surface area is 143 Å². The summed E-state index contributed by atoms with van der Waals surface area (Å²) >= 11 is 12.0. The second kappa shape index (κ2) is 6.95. The summed E-state index contributed by atoms with van der Waals surface area (Å²) in [4.78, 5) is 26.9. The summed E-state index contributed by atoms with van der Waals surface area (Å²) in [6.07, 6.45) is -0.694. The second-order valence-corrected chi connectivity index (χ2v) is 6.22. The molecule has 0 aliphatic carbocycles. The van der Waals surface area contributed by atoms with Crippen LogP contribution in [0, 0.1) is 0 Å². The minimum absolute atomic E-state index is 0.0347. The van der Waals surface area contributed by atoms with Crippen LogP contribution >= 0.6 is 23.2 Å². The number of halogens is 2. The van der Waals surface area contributed by atoms with E-state index in [1.807, 2.05) is 6.07 Å². The quantitative estimate of drug-likeness (QED) is 0.831. The third-order valence-corrected chi connectivity index (χ3v) is 4.64. The van der Waals surface area contributed by atoms with Crippen LogP contribution in [-0.4, -0.2) is 61.2 Å². The smallest absolute Gasteiger partial charge is 0.410 e. The zero-order chi connectivity index (χ0) is 16.4. The van der Waals surface area contributed by atoms with Gasteiger partial charge in [0.05, 0.1) is 29.7 Å². The number of benzene rings is 1. The standard InChI is InChI=1S/C15H16Cl2N2O4/c16-11-2-1-10(7-12(11)17)13-8-18(3-5-22-13)14(20)9-19-4-6-23-15(19)21/h1-2,7,13H,3-6,8-9H2/t13-/m1/s1. The minimum Gasteiger partial charge on any atom is -0.448 e. The van der Waals surface area contributed by atoms with Crippen molar-refractivity contribution in [3.8, 4) is 0 Å². The van der Waals surface area contributed by atoms with Crippen LogP contribution in [-0.2, 0) is 14.3 Å². The normalized spacial score (nSPS) is 21.5. The van der Waals surface area contributed by atoms with Crippen molar-refractivity contribution < 1.29 is 19.1 Å². The summed E-state index contributed by atoms with van der Waals surface area (Å²) in [5.41, 5.74) is 0.873. The lowest BCUT2D eigenvalue weighted by Gasteiger charge is -2.34. The molecule has 3 rings (SSSR count). The number of carbonyl (C=O) groups is 2. The number of carbonyl (C=O) groups excluding carboxylic acids is 2. The highest BCUT2D eigenvalue weighted by Gasteiger charge is 2.30. The molecular weight excluding hydrogens is 343 g/mol. The largest absolute Gasteiger partial charge is 0.448 e. The van der Waals surface area contributed by atoms with Crippen molar-refractivity contribution in [3.05, 3.63) is 33.8 Å². The molecule has 0 aromatic heterocycles. The van der Waals surface area contributed by atoms with E-state index in [0.717, 1.165) is 5.56 Å². The van der Waals surface area contributed by atoms with Gasteiger partial charge in [0.1, 0.15) is 19.3 Å². The Balaban J connectivity index is 1.64. The molecule has 1 aromatic carbocycles. The monoisotopic (exact) mass is 358 g/mol. The van der Waals surface area contributed by atoms with E-state index in [1.54, 1.807) is 17.0 Å². The lowest BCUT2D eigenvalue weighted by molar-refractivity contribution is -0.139. The SMILES string of the molecule is O=C(CN1CCOC1=O)N1CCO[C@@H](c2ccc(Cl)c(Cl)c2)C1. The fourth-order valence-electron chi connectivity index (χ4n) is 2.62. The van der Waals surface area contributed by atoms with Gasteiger partial charge in [-0.3, -0.25) is 9.69 Å². The van der Waals surface area contributed by atoms with Gasteiger partial charge in [-0.15, -0.1) is 0 Å². The van der Waals surface area contributed by atoms with Crippen LogP contribution in [0.3, 0.4) is 0 Å².